The van der Waals surface area contributed by atoms with Crippen LogP contribution in [0.2, 0.25) is 0 Å². The Labute approximate surface area is 136 Å². The van der Waals surface area contributed by atoms with Gasteiger partial charge in [0.25, 0.3) is 0 Å². The van der Waals surface area contributed by atoms with Gasteiger partial charge in [-0.2, -0.15) is 0 Å². The molecule has 1 aliphatic heterocycles. The highest BCUT2D eigenvalue weighted by atomic mass is 35.5. The van der Waals surface area contributed by atoms with Crippen LogP contribution >= 0.6 is 12.4 Å². The topological polar surface area (TPSA) is 36.5 Å². The van der Waals surface area contributed by atoms with Gasteiger partial charge in [-0.1, -0.05) is 20.3 Å². The lowest BCUT2D eigenvalue weighted by molar-refractivity contribution is 0.0514. The van der Waals surface area contributed by atoms with Crippen molar-refractivity contribution in [2.75, 3.05) is 39.4 Å². The van der Waals surface area contributed by atoms with Crippen LogP contribution in [0.5, 0.6) is 0 Å². The average molecular weight is 320 g/mol. The molecule has 0 bridgehead atoms. The predicted molar refractivity (Wildman–Crippen MR) is 91.4 cm³/mol. The number of likely N-dealkylation sites (N-methyl/N-ethyl adjacent to an activating group) is 1. The maximum absolute atomic E-state index is 5.65. The molecule has 2 aliphatic rings. The molecule has 4 nitrogen and oxygen atoms in total. The third kappa shape index (κ3) is 5.68. The molecule has 1 saturated carbocycles. The Bertz CT molecular complexity index is 270. The van der Waals surface area contributed by atoms with Crippen molar-refractivity contribution in [3.63, 3.8) is 0 Å². The molecule has 0 aromatic rings. The highest BCUT2D eigenvalue weighted by molar-refractivity contribution is 5.85. The Kier molecular flexibility index (Phi) is 9.14. The third-order valence-corrected chi connectivity index (χ3v) is 4.96. The van der Waals surface area contributed by atoms with Gasteiger partial charge in [-0.3, -0.25) is 0 Å². The molecule has 0 spiro atoms. The first kappa shape index (κ1) is 19.2. The SMILES string of the molecule is CCN(CC)CC(C)NC1CCCC1C1COCCN1.Cl. The van der Waals surface area contributed by atoms with E-state index in [0.717, 1.165) is 45.3 Å². The van der Waals surface area contributed by atoms with Gasteiger partial charge in [0, 0.05) is 31.2 Å². The van der Waals surface area contributed by atoms with Crippen LogP contribution in [0.4, 0.5) is 0 Å². The van der Waals surface area contributed by atoms with Crippen molar-refractivity contribution in [2.24, 2.45) is 5.92 Å². The Hall–Kier alpha value is 0.130. The molecule has 4 atom stereocenters. The number of halogens is 1. The minimum Gasteiger partial charge on any atom is -0.379 e. The predicted octanol–water partition coefficient (Wildman–Crippen LogP) is 1.89. The number of hydrogen-bond acceptors (Lipinski definition) is 4. The molecule has 0 aromatic heterocycles. The molecule has 126 valence electrons. The van der Waals surface area contributed by atoms with Crippen LogP contribution in [0.1, 0.15) is 40.0 Å². The number of ether oxygens (including phenoxy) is 1. The van der Waals surface area contributed by atoms with E-state index in [1.54, 1.807) is 0 Å². The Morgan fingerprint density at radius 1 is 1.29 bits per heavy atom. The van der Waals surface area contributed by atoms with Gasteiger partial charge in [-0.05, 0) is 38.8 Å². The second-order valence-electron chi connectivity index (χ2n) is 6.39. The van der Waals surface area contributed by atoms with E-state index in [4.69, 9.17) is 4.74 Å². The van der Waals surface area contributed by atoms with Gasteiger partial charge in [0.2, 0.25) is 0 Å². The average Bonchev–Trinajstić information content (AvgIpc) is 2.93. The molecule has 1 aliphatic carbocycles. The number of nitrogens with zero attached hydrogens (tertiary/aromatic N) is 1. The summed E-state index contributed by atoms with van der Waals surface area (Å²) in [4.78, 5) is 2.50. The molecule has 0 aromatic carbocycles. The smallest absolute Gasteiger partial charge is 0.0623 e. The lowest BCUT2D eigenvalue weighted by atomic mass is 9.93. The Balaban J connectivity index is 0.00000220. The van der Waals surface area contributed by atoms with E-state index in [2.05, 4.69) is 36.3 Å². The van der Waals surface area contributed by atoms with Gasteiger partial charge in [0.15, 0.2) is 0 Å². The fourth-order valence-electron chi connectivity index (χ4n) is 3.83. The van der Waals surface area contributed by atoms with Crippen molar-refractivity contribution >= 4 is 12.4 Å². The summed E-state index contributed by atoms with van der Waals surface area (Å²) in [6.07, 6.45) is 4.03. The van der Waals surface area contributed by atoms with Crippen LogP contribution in [-0.2, 0) is 4.74 Å². The summed E-state index contributed by atoms with van der Waals surface area (Å²) in [5.74, 6) is 0.745. The standard InChI is InChI=1S/C16H33N3O.ClH/c1-4-19(5-2)11-13(3)18-15-8-6-7-14(15)16-12-20-10-9-17-16;/h13-18H,4-12H2,1-3H3;1H. The van der Waals surface area contributed by atoms with E-state index >= 15 is 0 Å². The van der Waals surface area contributed by atoms with Gasteiger partial charge in [-0.25, -0.2) is 0 Å². The Morgan fingerprint density at radius 2 is 2.05 bits per heavy atom. The maximum Gasteiger partial charge on any atom is 0.0623 e. The minimum absolute atomic E-state index is 0. The molecule has 1 heterocycles. The van der Waals surface area contributed by atoms with Crippen molar-refractivity contribution < 1.29 is 4.74 Å². The highest BCUT2D eigenvalue weighted by Crippen LogP contribution is 2.29. The first-order chi connectivity index (χ1) is 9.74. The van der Waals surface area contributed by atoms with E-state index in [1.807, 2.05) is 0 Å². The summed E-state index contributed by atoms with van der Waals surface area (Å²) >= 11 is 0. The van der Waals surface area contributed by atoms with E-state index < -0.39 is 0 Å². The highest BCUT2D eigenvalue weighted by Gasteiger charge is 2.35. The van der Waals surface area contributed by atoms with Crippen LogP contribution in [0.15, 0.2) is 0 Å². The van der Waals surface area contributed by atoms with Crippen molar-refractivity contribution in [1.82, 2.24) is 15.5 Å². The second-order valence-corrected chi connectivity index (χ2v) is 6.39. The van der Waals surface area contributed by atoms with Crippen molar-refractivity contribution in [3.8, 4) is 0 Å². The fourth-order valence-corrected chi connectivity index (χ4v) is 3.83. The zero-order valence-electron chi connectivity index (χ0n) is 13.9. The molecule has 2 fully saturated rings. The van der Waals surface area contributed by atoms with Crippen LogP contribution in [0.25, 0.3) is 0 Å². The van der Waals surface area contributed by atoms with Crippen LogP contribution in [0.3, 0.4) is 0 Å². The van der Waals surface area contributed by atoms with Gasteiger partial charge < -0.3 is 20.3 Å². The monoisotopic (exact) mass is 319 g/mol. The van der Waals surface area contributed by atoms with Gasteiger partial charge in [0.05, 0.1) is 13.2 Å². The van der Waals surface area contributed by atoms with Gasteiger partial charge >= 0.3 is 0 Å². The van der Waals surface area contributed by atoms with Crippen molar-refractivity contribution in [2.45, 2.75) is 58.2 Å². The van der Waals surface area contributed by atoms with Crippen LogP contribution in [-0.4, -0.2) is 62.4 Å². The number of hydrogen-bond donors (Lipinski definition) is 2. The Morgan fingerprint density at radius 3 is 2.67 bits per heavy atom. The summed E-state index contributed by atoms with van der Waals surface area (Å²) in [5.41, 5.74) is 0. The van der Waals surface area contributed by atoms with Crippen molar-refractivity contribution in [1.29, 1.82) is 0 Å². The van der Waals surface area contributed by atoms with Gasteiger partial charge in [0.1, 0.15) is 0 Å². The summed E-state index contributed by atoms with van der Waals surface area (Å²) in [5, 5.41) is 7.54. The normalized spacial score (nSPS) is 31.1. The largest absolute Gasteiger partial charge is 0.379 e. The summed E-state index contributed by atoms with van der Waals surface area (Å²) in [7, 11) is 0. The molecular formula is C16H34ClN3O. The molecule has 5 heteroatoms. The zero-order chi connectivity index (χ0) is 14.4. The third-order valence-electron chi connectivity index (χ3n) is 4.96. The first-order valence-corrected chi connectivity index (χ1v) is 8.54. The van der Waals surface area contributed by atoms with E-state index in [-0.39, 0.29) is 12.4 Å². The molecule has 21 heavy (non-hydrogen) atoms. The fraction of sp³-hybridized carbons (Fsp3) is 1.00. The molecule has 1 saturated heterocycles. The summed E-state index contributed by atoms with van der Waals surface area (Å²) in [6.45, 7) is 13.1. The number of morpholine rings is 1. The molecule has 2 N–H and O–H groups in total. The van der Waals surface area contributed by atoms with E-state index in [9.17, 15) is 0 Å². The molecule has 0 radical (unpaired) electrons. The lowest BCUT2D eigenvalue weighted by Gasteiger charge is -2.35. The zero-order valence-corrected chi connectivity index (χ0v) is 14.8. The van der Waals surface area contributed by atoms with Crippen molar-refractivity contribution in [3.05, 3.63) is 0 Å². The maximum atomic E-state index is 5.65. The molecule has 0 amide bonds. The van der Waals surface area contributed by atoms with Crippen LogP contribution in [0, 0.1) is 5.92 Å². The summed E-state index contributed by atoms with van der Waals surface area (Å²) < 4.78 is 5.65. The van der Waals surface area contributed by atoms with Crippen LogP contribution < -0.4 is 10.6 Å². The molecule has 4 unspecified atom stereocenters. The lowest BCUT2D eigenvalue weighted by Crippen LogP contribution is -2.53. The number of rotatable bonds is 7. The second kappa shape index (κ2) is 10.0. The number of nitrogens with one attached hydrogen (secondary N) is 2. The first-order valence-electron chi connectivity index (χ1n) is 8.54. The molecule has 2 rings (SSSR count). The van der Waals surface area contributed by atoms with Gasteiger partial charge in [-0.15, -0.1) is 12.4 Å². The van der Waals surface area contributed by atoms with E-state index in [0.29, 0.717) is 18.1 Å². The minimum atomic E-state index is 0. The molecular weight excluding hydrogens is 286 g/mol. The quantitative estimate of drug-likeness (QED) is 0.751. The summed E-state index contributed by atoms with van der Waals surface area (Å²) in [6, 6.07) is 1.80. The van der Waals surface area contributed by atoms with E-state index in [1.165, 1.54) is 19.3 Å².